The molecule has 0 aliphatic carbocycles. The van der Waals surface area contributed by atoms with Gasteiger partial charge in [0.15, 0.2) is 5.78 Å². The van der Waals surface area contributed by atoms with Crippen LogP contribution in [0.15, 0.2) is 79.4 Å². The zero-order valence-corrected chi connectivity index (χ0v) is 13.4. The van der Waals surface area contributed by atoms with Crippen LogP contribution in [0.2, 0.25) is 0 Å². The fourth-order valence-electron chi connectivity index (χ4n) is 2.61. The van der Waals surface area contributed by atoms with Gasteiger partial charge < -0.3 is 0 Å². The molecule has 0 aliphatic rings. The summed E-state index contributed by atoms with van der Waals surface area (Å²) in [6.07, 6.45) is 7.01. The predicted octanol–water partition coefficient (Wildman–Crippen LogP) is 4.11. The summed E-state index contributed by atoms with van der Waals surface area (Å²) in [5, 5.41) is 4.15. The van der Waals surface area contributed by atoms with Crippen molar-refractivity contribution in [1.82, 2.24) is 0 Å². The van der Waals surface area contributed by atoms with Gasteiger partial charge in [-0.05, 0) is 45.0 Å². The van der Waals surface area contributed by atoms with E-state index in [1.807, 2.05) is 42.5 Å². The first-order chi connectivity index (χ1) is 11.7. The lowest BCUT2D eigenvalue weighted by Crippen LogP contribution is -2.23. The van der Waals surface area contributed by atoms with E-state index < -0.39 is 0 Å². The standard InChI is InChI=1S/C23H18O/c1-3-6-20-16-22(12-9-17(20)2)23(24)14-11-18-10-13-19-7-4-5-8-21(19)15-18/h3-16H,1-2H2/b14-11+,20-6-. The van der Waals surface area contributed by atoms with Gasteiger partial charge in [0, 0.05) is 5.56 Å². The molecule has 1 heteroatoms. The molecule has 3 rings (SSSR count). The molecule has 0 heterocycles. The monoisotopic (exact) mass is 310 g/mol. The van der Waals surface area contributed by atoms with E-state index in [-0.39, 0.29) is 5.78 Å². The summed E-state index contributed by atoms with van der Waals surface area (Å²) >= 11 is 0. The highest BCUT2D eigenvalue weighted by atomic mass is 16.1. The second-order valence-corrected chi connectivity index (χ2v) is 5.62. The second-order valence-electron chi connectivity index (χ2n) is 5.62. The van der Waals surface area contributed by atoms with Crippen LogP contribution in [0.1, 0.15) is 15.9 Å². The minimum absolute atomic E-state index is 0.0260. The molecule has 3 aromatic rings. The average Bonchev–Trinajstić information content (AvgIpc) is 2.61. The molecule has 0 aromatic heterocycles. The molecule has 0 fully saturated rings. The maximum atomic E-state index is 12.4. The van der Waals surface area contributed by atoms with E-state index in [0.29, 0.717) is 5.56 Å². The number of rotatable bonds is 4. The van der Waals surface area contributed by atoms with E-state index in [1.165, 1.54) is 5.39 Å². The van der Waals surface area contributed by atoms with Crippen molar-refractivity contribution >= 4 is 35.3 Å². The van der Waals surface area contributed by atoms with Crippen LogP contribution in [0.3, 0.4) is 0 Å². The minimum atomic E-state index is -0.0260. The first kappa shape index (κ1) is 15.7. The van der Waals surface area contributed by atoms with Crippen molar-refractivity contribution in [3.8, 4) is 0 Å². The molecule has 24 heavy (non-hydrogen) atoms. The lowest BCUT2D eigenvalue weighted by molar-refractivity contribution is 0.104. The van der Waals surface area contributed by atoms with Gasteiger partial charge in [0.05, 0.1) is 0 Å². The van der Waals surface area contributed by atoms with Crippen LogP contribution < -0.4 is 10.4 Å². The maximum absolute atomic E-state index is 12.4. The molecule has 0 saturated heterocycles. The highest BCUT2D eigenvalue weighted by Crippen LogP contribution is 2.16. The third-order valence-corrected chi connectivity index (χ3v) is 3.93. The predicted molar refractivity (Wildman–Crippen MR) is 103 cm³/mol. The Labute approximate surface area is 141 Å². The summed E-state index contributed by atoms with van der Waals surface area (Å²) in [6.45, 7) is 7.64. The molecule has 0 radical (unpaired) electrons. The Morgan fingerprint density at radius 3 is 2.50 bits per heavy atom. The maximum Gasteiger partial charge on any atom is 0.185 e. The Kier molecular flexibility index (Phi) is 4.53. The van der Waals surface area contributed by atoms with Crippen LogP contribution in [0.25, 0.3) is 29.5 Å². The number of ketones is 1. The van der Waals surface area contributed by atoms with Gasteiger partial charge in [-0.15, -0.1) is 0 Å². The molecule has 3 aromatic carbocycles. The topological polar surface area (TPSA) is 17.1 Å². The van der Waals surface area contributed by atoms with Crippen molar-refractivity contribution in [2.75, 3.05) is 0 Å². The number of carbonyl (C=O) groups is 1. The number of hydrogen-bond donors (Lipinski definition) is 0. The molecule has 0 aliphatic heterocycles. The first-order valence-electron chi connectivity index (χ1n) is 7.80. The van der Waals surface area contributed by atoms with Gasteiger partial charge in [0.1, 0.15) is 0 Å². The van der Waals surface area contributed by atoms with Crippen molar-refractivity contribution in [3.63, 3.8) is 0 Å². The lowest BCUT2D eigenvalue weighted by atomic mass is 10.0. The lowest BCUT2D eigenvalue weighted by Gasteiger charge is -2.00. The van der Waals surface area contributed by atoms with E-state index in [9.17, 15) is 4.79 Å². The molecular weight excluding hydrogens is 292 g/mol. The molecule has 1 nitrogen and oxygen atoms in total. The van der Waals surface area contributed by atoms with Crippen molar-refractivity contribution in [1.29, 1.82) is 0 Å². The Bertz CT molecular complexity index is 1050. The number of fused-ring (bicyclic) bond motifs is 1. The fraction of sp³-hybridized carbons (Fsp3) is 0. The van der Waals surface area contributed by atoms with E-state index in [1.54, 1.807) is 18.2 Å². The SMILES string of the molecule is C=C/C=c1/cc(C(=O)/C=C/c2ccc3ccccc3c2)ccc1=C. The first-order valence-corrected chi connectivity index (χ1v) is 7.80. The quantitative estimate of drug-likeness (QED) is 0.523. The highest BCUT2D eigenvalue weighted by molar-refractivity contribution is 6.07. The van der Waals surface area contributed by atoms with Gasteiger partial charge in [-0.2, -0.15) is 0 Å². The van der Waals surface area contributed by atoms with E-state index in [0.717, 1.165) is 21.4 Å². The van der Waals surface area contributed by atoms with Gasteiger partial charge in [0.2, 0.25) is 0 Å². The molecule has 116 valence electrons. The van der Waals surface area contributed by atoms with E-state index in [2.05, 4.69) is 37.4 Å². The van der Waals surface area contributed by atoms with Crippen LogP contribution in [0.5, 0.6) is 0 Å². The Morgan fingerprint density at radius 2 is 1.71 bits per heavy atom. The summed E-state index contributed by atoms with van der Waals surface area (Å²) in [7, 11) is 0. The summed E-state index contributed by atoms with van der Waals surface area (Å²) in [5.41, 5.74) is 1.65. The number of carbonyl (C=O) groups excluding carboxylic acids is 1. The smallest absolute Gasteiger partial charge is 0.185 e. The van der Waals surface area contributed by atoms with Crippen LogP contribution in [0, 0.1) is 0 Å². The van der Waals surface area contributed by atoms with Gasteiger partial charge in [0.25, 0.3) is 0 Å². The molecule has 0 N–H and O–H groups in total. The number of hydrogen-bond acceptors (Lipinski definition) is 1. The normalized spacial score (nSPS) is 11.9. The molecule has 0 atom stereocenters. The summed E-state index contributed by atoms with van der Waals surface area (Å²) < 4.78 is 0. The van der Waals surface area contributed by atoms with Crippen molar-refractivity contribution in [3.05, 3.63) is 101 Å². The van der Waals surface area contributed by atoms with E-state index in [4.69, 9.17) is 0 Å². The van der Waals surface area contributed by atoms with E-state index >= 15 is 0 Å². The third kappa shape index (κ3) is 3.41. The zero-order valence-electron chi connectivity index (χ0n) is 13.4. The number of allylic oxidation sites excluding steroid dienone is 2. The Morgan fingerprint density at radius 1 is 0.917 bits per heavy atom. The van der Waals surface area contributed by atoms with Crippen molar-refractivity contribution in [2.45, 2.75) is 0 Å². The number of benzene rings is 3. The van der Waals surface area contributed by atoms with Crippen molar-refractivity contribution < 1.29 is 4.79 Å². The zero-order chi connectivity index (χ0) is 16.9. The van der Waals surface area contributed by atoms with Crippen LogP contribution in [-0.2, 0) is 0 Å². The van der Waals surface area contributed by atoms with Gasteiger partial charge in [-0.1, -0.05) is 79.9 Å². The second kappa shape index (κ2) is 6.93. The van der Waals surface area contributed by atoms with Crippen LogP contribution in [-0.4, -0.2) is 5.78 Å². The molecule has 0 amide bonds. The van der Waals surface area contributed by atoms with Crippen LogP contribution >= 0.6 is 0 Å². The Balaban J connectivity index is 1.89. The summed E-state index contributed by atoms with van der Waals surface area (Å²) in [4.78, 5) is 12.4. The molecular formula is C23H18O. The summed E-state index contributed by atoms with van der Waals surface area (Å²) in [6, 6.07) is 19.8. The molecule has 0 spiro atoms. The van der Waals surface area contributed by atoms with Crippen molar-refractivity contribution in [2.24, 2.45) is 0 Å². The average molecular weight is 310 g/mol. The molecule has 0 saturated carbocycles. The third-order valence-electron chi connectivity index (χ3n) is 3.93. The largest absolute Gasteiger partial charge is 0.289 e. The van der Waals surface area contributed by atoms with Gasteiger partial charge >= 0.3 is 0 Å². The van der Waals surface area contributed by atoms with Crippen LogP contribution in [0.4, 0.5) is 0 Å². The molecule has 0 bridgehead atoms. The Hall–Kier alpha value is -3.19. The summed E-state index contributed by atoms with van der Waals surface area (Å²) in [5.74, 6) is -0.0260. The van der Waals surface area contributed by atoms with Gasteiger partial charge in [-0.25, -0.2) is 0 Å². The fourth-order valence-corrected chi connectivity index (χ4v) is 2.61. The highest BCUT2D eigenvalue weighted by Gasteiger charge is 2.01. The van der Waals surface area contributed by atoms with Gasteiger partial charge in [-0.3, -0.25) is 4.79 Å². The minimum Gasteiger partial charge on any atom is -0.289 e. The molecule has 0 unspecified atom stereocenters.